The number of hydrogen-bond donors (Lipinski definition) is 1. The van der Waals surface area contributed by atoms with E-state index in [0.29, 0.717) is 19.1 Å². The fourth-order valence-corrected chi connectivity index (χ4v) is 1.64. The van der Waals surface area contributed by atoms with Gasteiger partial charge in [0.15, 0.2) is 0 Å². The second-order valence-corrected chi connectivity index (χ2v) is 4.03. The Morgan fingerprint density at radius 2 is 2.06 bits per heavy atom. The van der Waals surface area contributed by atoms with E-state index in [9.17, 15) is 0 Å². The van der Waals surface area contributed by atoms with Crippen molar-refractivity contribution in [1.82, 2.24) is 4.98 Å². The summed E-state index contributed by atoms with van der Waals surface area (Å²) in [5.74, 6) is 0.850. The molecule has 0 spiro atoms. The van der Waals surface area contributed by atoms with E-state index in [1.54, 1.807) is 13.4 Å². The zero-order valence-corrected chi connectivity index (χ0v) is 10.6. The van der Waals surface area contributed by atoms with E-state index in [-0.39, 0.29) is 0 Å². The number of benzene rings is 1. The molecular weight excluding hydrogens is 230 g/mol. The Morgan fingerprint density at radius 1 is 1.33 bits per heavy atom. The van der Waals surface area contributed by atoms with Gasteiger partial charge in [-0.05, 0) is 17.7 Å². The smallest absolute Gasteiger partial charge is 0.297 e. The van der Waals surface area contributed by atoms with Gasteiger partial charge in [0.25, 0.3) is 6.01 Å². The number of oxazole rings is 1. The normalized spacial score (nSPS) is 10.4. The molecule has 96 valence electrons. The lowest BCUT2D eigenvalue weighted by molar-refractivity contribution is 0.414. The average molecular weight is 247 g/mol. The third-order valence-corrected chi connectivity index (χ3v) is 2.65. The average Bonchev–Trinajstić information content (AvgIpc) is 2.88. The van der Waals surface area contributed by atoms with Gasteiger partial charge in [0.1, 0.15) is 12.0 Å². The molecule has 0 aliphatic carbocycles. The van der Waals surface area contributed by atoms with Crippen molar-refractivity contribution in [3.8, 4) is 5.75 Å². The molecule has 5 nitrogen and oxygen atoms in total. The van der Waals surface area contributed by atoms with Gasteiger partial charge in [-0.2, -0.15) is 4.98 Å². The molecule has 0 saturated carbocycles. The fourth-order valence-electron chi connectivity index (χ4n) is 1.64. The minimum Gasteiger partial charge on any atom is -0.497 e. The Morgan fingerprint density at radius 3 is 2.61 bits per heavy atom. The van der Waals surface area contributed by atoms with Crippen LogP contribution in [0.3, 0.4) is 0 Å². The fraction of sp³-hybridized carbons (Fsp3) is 0.308. The molecule has 0 amide bonds. The van der Waals surface area contributed by atoms with Crippen LogP contribution in [0.25, 0.3) is 0 Å². The van der Waals surface area contributed by atoms with Gasteiger partial charge < -0.3 is 19.8 Å². The summed E-state index contributed by atoms with van der Waals surface area (Å²) in [6.07, 6.45) is 1.58. The molecule has 5 heteroatoms. The molecular formula is C13H17N3O2. The maximum atomic E-state index is 5.49. The Hall–Kier alpha value is -2.01. The lowest BCUT2D eigenvalue weighted by atomic mass is 10.2. The van der Waals surface area contributed by atoms with Crippen LogP contribution in [0.15, 0.2) is 34.9 Å². The summed E-state index contributed by atoms with van der Waals surface area (Å²) in [7, 11) is 3.58. The molecule has 0 unspecified atom stereocenters. The molecule has 0 aliphatic heterocycles. The van der Waals surface area contributed by atoms with Crippen molar-refractivity contribution in [2.45, 2.75) is 13.1 Å². The highest BCUT2D eigenvalue weighted by Crippen LogP contribution is 2.17. The zero-order valence-electron chi connectivity index (χ0n) is 10.6. The molecule has 18 heavy (non-hydrogen) atoms. The van der Waals surface area contributed by atoms with Gasteiger partial charge in [-0.25, -0.2) is 0 Å². The van der Waals surface area contributed by atoms with Gasteiger partial charge in [-0.1, -0.05) is 12.1 Å². The minimum atomic E-state index is 0.389. The van der Waals surface area contributed by atoms with Crippen molar-refractivity contribution in [3.05, 3.63) is 41.8 Å². The van der Waals surface area contributed by atoms with Crippen LogP contribution in [-0.4, -0.2) is 19.1 Å². The highest BCUT2D eigenvalue weighted by molar-refractivity contribution is 5.32. The molecule has 0 atom stereocenters. The van der Waals surface area contributed by atoms with Gasteiger partial charge in [-0.15, -0.1) is 0 Å². The molecule has 1 aromatic carbocycles. The van der Waals surface area contributed by atoms with Gasteiger partial charge in [0.05, 0.1) is 12.8 Å². The molecule has 0 saturated heterocycles. The van der Waals surface area contributed by atoms with Crippen LogP contribution in [-0.2, 0) is 13.1 Å². The lowest BCUT2D eigenvalue weighted by Crippen LogP contribution is -2.16. The number of ether oxygens (including phenoxy) is 1. The largest absolute Gasteiger partial charge is 0.497 e. The minimum absolute atomic E-state index is 0.389. The summed E-state index contributed by atoms with van der Waals surface area (Å²) in [4.78, 5) is 6.20. The molecule has 0 fully saturated rings. The number of nitrogens with two attached hydrogens (primary N) is 1. The van der Waals surface area contributed by atoms with Crippen molar-refractivity contribution in [3.63, 3.8) is 0 Å². The predicted octanol–water partition coefficient (Wildman–Crippen LogP) is 1.78. The summed E-state index contributed by atoms with van der Waals surface area (Å²) in [5, 5.41) is 0. The quantitative estimate of drug-likeness (QED) is 0.872. The Balaban J connectivity index is 2.03. The second-order valence-electron chi connectivity index (χ2n) is 4.03. The van der Waals surface area contributed by atoms with E-state index in [0.717, 1.165) is 17.0 Å². The molecule has 2 aromatic rings. The maximum Gasteiger partial charge on any atom is 0.297 e. The van der Waals surface area contributed by atoms with Crippen LogP contribution < -0.4 is 15.4 Å². The summed E-state index contributed by atoms with van der Waals surface area (Å²) >= 11 is 0. The summed E-state index contributed by atoms with van der Waals surface area (Å²) in [6.45, 7) is 1.11. The van der Waals surface area contributed by atoms with Gasteiger partial charge in [-0.3, -0.25) is 0 Å². The first kappa shape index (κ1) is 12.4. The predicted molar refractivity (Wildman–Crippen MR) is 69.5 cm³/mol. The van der Waals surface area contributed by atoms with Gasteiger partial charge >= 0.3 is 0 Å². The summed E-state index contributed by atoms with van der Waals surface area (Å²) in [6, 6.07) is 8.48. The van der Waals surface area contributed by atoms with Crippen LogP contribution in [0.5, 0.6) is 5.75 Å². The number of nitrogens with zero attached hydrogens (tertiary/aromatic N) is 2. The number of rotatable bonds is 5. The molecule has 0 bridgehead atoms. The van der Waals surface area contributed by atoms with Crippen LogP contribution in [0.4, 0.5) is 6.01 Å². The van der Waals surface area contributed by atoms with E-state index >= 15 is 0 Å². The Kier molecular flexibility index (Phi) is 3.84. The van der Waals surface area contributed by atoms with Gasteiger partial charge in [0, 0.05) is 20.1 Å². The first-order valence-corrected chi connectivity index (χ1v) is 5.71. The van der Waals surface area contributed by atoms with Crippen molar-refractivity contribution < 1.29 is 9.15 Å². The van der Waals surface area contributed by atoms with E-state index in [1.807, 2.05) is 36.2 Å². The third kappa shape index (κ3) is 2.81. The first-order valence-electron chi connectivity index (χ1n) is 5.71. The highest BCUT2D eigenvalue weighted by atomic mass is 16.5. The van der Waals surface area contributed by atoms with Crippen LogP contribution >= 0.6 is 0 Å². The van der Waals surface area contributed by atoms with Crippen molar-refractivity contribution >= 4 is 6.01 Å². The standard InChI is InChI=1S/C13H17N3O2/c1-16(13-15-11(7-14)9-18-13)8-10-3-5-12(17-2)6-4-10/h3-6,9H,7-8,14H2,1-2H3. The number of methoxy groups -OCH3 is 1. The van der Waals surface area contributed by atoms with Crippen molar-refractivity contribution in [2.75, 3.05) is 19.1 Å². The van der Waals surface area contributed by atoms with Crippen LogP contribution in [0.2, 0.25) is 0 Å². The first-order chi connectivity index (χ1) is 8.72. The SMILES string of the molecule is COc1ccc(CN(C)c2nc(CN)co2)cc1. The number of anilines is 1. The maximum absolute atomic E-state index is 5.49. The summed E-state index contributed by atoms with van der Waals surface area (Å²) < 4.78 is 10.5. The second kappa shape index (κ2) is 5.55. The molecule has 1 aromatic heterocycles. The molecule has 0 radical (unpaired) electrons. The number of hydrogen-bond acceptors (Lipinski definition) is 5. The van der Waals surface area contributed by atoms with Gasteiger partial charge in [0.2, 0.25) is 0 Å². The molecule has 1 heterocycles. The van der Waals surface area contributed by atoms with E-state index in [4.69, 9.17) is 14.9 Å². The van der Waals surface area contributed by atoms with Crippen LogP contribution in [0.1, 0.15) is 11.3 Å². The molecule has 0 aliphatic rings. The number of aromatic nitrogens is 1. The van der Waals surface area contributed by atoms with E-state index < -0.39 is 0 Å². The zero-order chi connectivity index (χ0) is 13.0. The van der Waals surface area contributed by atoms with E-state index in [2.05, 4.69) is 4.98 Å². The van der Waals surface area contributed by atoms with Crippen molar-refractivity contribution in [2.24, 2.45) is 5.73 Å². The molecule has 2 N–H and O–H groups in total. The Labute approximate surface area is 106 Å². The lowest BCUT2D eigenvalue weighted by Gasteiger charge is -2.14. The van der Waals surface area contributed by atoms with E-state index in [1.165, 1.54) is 0 Å². The summed E-state index contributed by atoms with van der Waals surface area (Å²) in [5.41, 5.74) is 7.41. The molecule has 2 rings (SSSR count). The monoisotopic (exact) mass is 247 g/mol. The highest BCUT2D eigenvalue weighted by Gasteiger charge is 2.08. The third-order valence-electron chi connectivity index (χ3n) is 2.65. The van der Waals surface area contributed by atoms with Crippen LogP contribution in [0, 0.1) is 0 Å². The Bertz CT molecular complexity index is 493. The topological polar surface area (TPSA) is 64.5 Å². The van der Waals surface area contributed by atoms with Crippen molar-refractivity contribution in [1.29, 1.82) is 0 Å².